The third-order valence-corrected chi connectivity index (χ3v) is 5.92. The van der Waals surface area contributed by atoms with Gasteiger partial charge in [0.15, 0.2) is 11.0 Å². The monoisotopic (exact) mass is 447 g/mol. The summed E-state index contributed by atoms with van der Waals surface area (Å²) in [6.07, 6.45) is 3.35. The highest BCUT2D eigenvalue weighted by Crippen LogP contribution is 2.29. The number of anilines is 1. The molecular formula is C24H22FN5OS. The van der Waals surface area contributed by atoms with Crippen LogP contribution in [0.1, 0.15) is 12.5 Å². The van der Waals surface area contributed by atoms with Crippen molar-refractivity contribution < 1.29 is 9.18 Å². The van der Waals surface area contributed by atoms with Crippen molar-refractivity contribution in [1.29, 1.82) is 0 Å². The summed E-state index contributed by atoms with van der Waals surface area (Å²) in [4.78, 5) is 18.9. The van der Waals surface area contributed by atoms with Crippen molar-refractivity contribution in [1.82, 2.24) is 19.7 Å². The van der Waals surface area contributed by atoms with E-state index in [2.05, 4.69) is 15.2 Å². The number of amides is 1. The van der Waals surface area contributed by atoms with Crippen LogP contribution in [0, 0.1) is 12.7 Å². The largest absolute Gasteiger partial charge is 0.312 e. The van der Waals surface area contributed by atoms with E-state index in [0.29, 0.717) is 23.2 Å². The Morgan fingerprint density at radius 2 is 1.75 bits per heavy atom. The Hall–Kier alpha value is -3.52. The lowest BCUT2D eigenvalue weighted by atomic mass is 10.2. The highest BCUT2D eigenvalue weighted by molar-refractivity contribution is 7.99. The van der Waals surface area contributed by atoms with Crippen LogP contribution >= 0.6 is 11.8 Å². The second-order valence-electron chi connectivity index (χ2n) is 7.07. The molecule has 0 aliphatic carbocycles. The number of para-hydroxylation sites is 1. The average molecular weight is 448 g/mol. The van der Waals surface area contributed by atoms with Crippen molar-refractivity contribution in [2.75, 3.05) is 17.2 Å². The highest BCUT2D eigenvalue weighted by Gasteiger charge is 2.20. The van der Waals surface area contributed by atoms with Crippen molar-refractivity contribution >= 4 is 23.4 Å². The van der Waals surface area contributed by atoms with Crippen molar-refractivity contribution in [2.45, 2.75) is 19.0 Å². The van der Waals surface area contributed by atoms with Gasteiger partial charge >= 0.3 is 0 Å². The predicted molar refractivity (Wildman–Crippen MR) is 124 cm³/mol. The highest BCUT2D eigenvalue weighted by atomic mass is 32.2. The van der Waals surface area contributed by atoms with Crippen LogP contribution in [0.25, 0.3) is 17.1 Å². The maximum absolute atomic E-state index is 13.5. The van der Waals surface area contributed by atoms with Gasteiger partial charge in [-0.2, -0.15) is 0 Å². The van der Waals surface area contributed by atoms with Crippen molar-refractivity contribution in [3.8, 4) is 17.1 Å². The Labute approximate surface area is 190 Å². The van der Waals surface area contributed by atoms with Gasteiger partial charge in [-0.15, -0.1) is 10.2 Å². The molecule has 0 aliphatic heterocycles. The van der Waals surface area contributed by atoms with Gasteiger partial charge in [-0.3, -0.25) is 14.3 Å². The molecule has 8 heteroatoms. The molecular weight excluding hydrogens is 425 g/mol. The molecule has 2 heterocycles. The zero-order chi connectivity index (χ0) is 22.5. The Morgan fingerprint density at radius 3 is 2.44 bits per heavy atom. The molecule has 0 saturated carbocycles. The fourth-order valence-corrected chi connectivity index (χ4v) is 4.25. The lowest BCUT2D eigenvalue weighted by molar-refractivity contribution is -0.116. The molecule has 0 radical (unpaired) electrons. The van der Waals surface area contributed by atoms with E-state index in [9.17, 15) is 9.18 Å². The SMILES string of the molecule is CCN(C(=O)CSc1nnc(-c2ccncc2)n1-c1ccc(F)cc1)c1ccccc1C. The Kier molecular flexibility index (Phi) is 6.61. The fraction of sp³-hybridized carbons (Fsp3) is 0.167. The fourth-order valence-electron chi connectivity index (χ4n) is 3.43. The maximum Gasteiger partial charge on any atom is 0.237 e. The first-order chi connectivity index (χ1) is 15.6. The van der Waals surface area contributed by atoms with Crippen LogP contribution in [0.5, 0.6) is 0 Å². The van der Waals surface area contributed by atoms with Gasteiger partial charge in [0.1, 0.15) is 5.82 Å². The number of halogens is 1. The minimum atomic E-state index is -0.325. The molecule has 162 valence electrons. The number of thioether (sulfide) groups is 1. The summed E-state index contributed by atoms with van der Waals surface area (Å²) < 4.78 is 15.4. The van der Waals surface area contributed by atoms with Gasteiger partial charge < -0.3 is 4.90 Å². The van der Waals surface area contributed by atoms with Crippen LogP contribution in [0.4, 0.5) is 10.1 Å². The number of rotatable bonds is 7. The average Bonchev–Trinajstić information content (AvgIpc) is 3.24. The number of hydrogen-bond acceptors (Lipinski definition) is 5. The van der Waals surface area contributed by atoms with E-state index in [1.54, 1.807) is 29.4 Å². The number of aryl methyl sites for hydroxylation is 1. The second kappa shape index (κ2) is 9.74. The van der Waals surface area contributed by atoms with Gasteiger partial charge in [0.2, 0.25) is 5.91 Å². The van der Waals surface area contributed by atoms with Crippen LogP contribution < -0.4 is 4.90 Å². The lowest BCUT2D eigenvalue weighted by Gasteiger charge is -2.22. The smallest absolute Gasteiger partial charge is 0.237 e. The van der Waals surface area contributed by atoms with Crippen molar-refractivity contribution in [3.63, 3.8) is 0 Å². The molecule has 0 N–H and O–H groups in total. The molecule has 4 rings (SSSR count). The number of benzene rings is 2. The van der Waals surface area contributed by atoms with Crippen molar-refractivity contribution in [3.05, 3.63) is 84.4 Å². The normalized spacial score (nSPS) is 10.8. The van der Waals surface area contributed by atoms with E-state index in [1.807, 2.05) is 54.8 Å². The third kappa shape index (κ3) is 4.55. The van der Waals surface area contributed by atoms with E-state index in [0.717, 1.165) is 16.8 Å². The standard InChI is InChI=1S/C24H22FN5OS/c1-3-29(21-7-5-4-6-17(21)2)22(31)16-32-24-28-27-23(18-12-14-26-15-13-18)30(24)20-10-8-19(25)9-11-20/h4-15H,3,16H2,1-2H3. The zero-order valence-electron chi connectivity index (χ0n) is 17.8. The number of pyridine rings is 1. The maximum atomic E-state index is 13.5. The molecule has 0 bridgehead atoms. The summed E-state index contributed by atoms with van der Waals surface area (Å²) in [7, 11) is 0. The molecule has 0 saturated heterocycles. The first-order valence-corrected chi connectivity index (χ1v) is 11.2. The molecule has 0 fully saturated rings. The summed E-state index contributed by atoms with van der Waals surface area (Å²) in [5.41, 5.74) is 3.48. The Bertz CT molecular complexity index is 1210. The van der Waals surface area contributed by atoms with Crippen LogP contribution in [0.3, 0.4) is 0 Å². The molecule has 32 heavy (non-hydrogen) atoms. The topological polar surface area (TPSA) is 63.9 Å². The molecule has 0 spiro atoms. The molecule has 2 aromatic carbocycles. The van der Waals surface area contributed by atoms with Gasteiger partial charge in [0.25, 0.3) is 0 Å². The van der Waals surface area contributed by atoms with E-state index < -0.39 is 0 Å². The lowest BCUT2D eigenvalue weighted by Crippen LogP contribution is -2.32. The molecule has 4 aromatic rings. The van der Waals surface area contributed by atoms with E-state index in [4.69, 9.17) is 0 Å². The quantitative estimate of drug-likeness (QED) is 0.376. The zero-order valence-corrected chi connectivity index (χ0v) is 18.6. The Balaban J connectivity index is 1.64. The first kappa shape index (κ1) is 21.7. The minimum absolute atomic E-state index is 0.0223. The van der Waals surface area contributed by atoms with Crippen LogP contribution in [0.15, 0.2) is 78.2 Å². The molecule has 1 amide bonds. The molecule has 0 aliphatic rings. The van der Waals surface area contributed by atoms with Gasteiger partial charge in [0, 0.05) is 35.9 Å². The number of nitrogens with zero attached hydrogens (tertiary/aromatic N) is 5. The third-order valence-electron chi connectivity index (χ3n) is 5.00. The molecule has 2 aromatic heterocycles. The Morgan fingerprint density at radius 1 is 1.03 bits per heavy atom. The van der Waals surface area contributed by atoms with Gasteiger partial charge in [-0.25, -0.2) is 4.39 Å². The van der Waals surface area contributed by atoms with Crippen LogP contribution in [0.2, 0.25) is 0 Å². The van der Waals surface area contributed by atoms with Crippen molar-refractivity contribution in [2.24, 2.45) is 0 Å². The van der Waals surface area contributed by atoms with Crippen LogP contribution in [-0.2, 0) is 4.79 Å². The first-order valence-electron chi connectivity index (χ1n) is 10.2. The van der Waals surface area contributed by atoms with Gasteiger partial charge in [-0.05, 0) is 61.9 Å². The van der Waals surface area contributed by atoms with E-state index >= 15 is 0 Å². The minimum Gasteiger partial charge on any atom is -0.312 e. The predicted octanol–water partition coefficient (Wildman–Crippen LogP) is 4.92. The molecule has 0 atom stereocenters. The summed E-state index contributed by atoms with van der Waals surface area (Å²) in [5, 5.41) is 9.23. The molecule has 0 unspecified atom stereocenters. The van der Waals surface area contributed by atoms with Crippen LogP contribution in [-0.4, -0.2) is 38.0 Å². The summed E-state index contributed by atoms with van der Waals surface area (Å²) in [6.45, 7) is 4.51. The number of hydrogen-bond donors (Lipinski definition) is 0. The summed E-state index contributed by atoms with van der Waals surface area (Å²) >= 11 is 1.30. The summed E-state index contributed by atoms with van der Waals surface area (Å²) in [6, 6.07) is 17.6. The second-order valence-corrected chi connectivity index (χ2v) is 8.01. The van der Waals surface area contributed by atoms with Gasteiger partial charge in [-0.1, -0.05) is 30.0 Å². The molecule has 6 nitrogen and oxygen atoms in total. The number of carbonyl (C=O) groups excluding carboxylic acids is 1. The van der Waals surface area contributed by atoms with E-state index in [-0.39, 0.29) is 17.5 Å². The number of aromatic nitrogens is 4. The number of carbonyl (C=O) groups is 1. The van der Waals surface area contributed by atoms with E-state index in [1.165, 1.54) is 23.9 Å². The summed E-state index contributed by atoms with van der Waals surface area (Å²) in [5.74, 6) is 0.442. The van der Waals surface area contributed by atoms with Gasteiger partial charge in [0.05, 0.1) is 5.75 Å².